The first kappa shape index (κ1) is 21.0. The number of carbonyl (C=O) groups excluding carboxylic acids is 3. The predicted molar refractivity (Wildman–Crippen MR) is 106 cm³/mol. The number of nitrogens with one attached hydrogen (secondary N) is 2. The SMILES string of the molecule is CC(=O)Nc1ccc(NC(=O)[C@H](C)OC(=O)CCCOc2ccccc2)cc1. The van der Waals surface area contributed by atoms with Crippen molar-refractivity contribution in [2.45, 2.75) is 32.8 Å². The molecule has 2 aromatic carbocycles. The van der Waals surface area contributed by atoms with Gasteiger partial charge in [-0.25, -0.2) is 0 Å². The van der Waals surface area contributed by atoms with Crippen LogP contribution in [0, 0.1) is 0 Å². The molecule has 0 aliphatic carbocycles. The van der Waals surface area contributed by atoms with Gasteiger partial charge in [-0.05, 0) is 49.7 Å². The zero-order valence-electron chi connectivity index (χ0n) is 15.9. The highest BCUT2D eigenvalue weighted by molar-refractivity contribution is 5.95. The lowest BCUT2D eigenvalue weighted by molar-refractivity contribution is -0.153. The minimum atomic E-state index is -0.919. The largest absolute Gasteiger partial charge is 0.494 e. The van der Waals surface area contributed by atoms with Crippen LogP contribution in [0.3, 0.4) is 0 Å². The molecule has 7 nitrogen and oxygen atoms in total. The average Bonchev–Trinajstić information content (AvgIpc) is 2.67. The number of esters is 1. The van der Waals surface area contributed by atoms with Gasteiger partial charge in [-0.3, -0.25) is 14.4 Å². The van der Waals surface area contributed by atoms with Gasteiger partial charge in [-0.1, -0.05) is 18.2 Å². The Morgan fingerprint density at radius 2 is 1.54 bits per heavy atom. The molecule has 2 aromatic rings. The normalized spacial score (nSPS) is 11.2. The molecule has 0 radical (unpaired) electrons. The number of benzene rings is 2. The number of carbonyl (C=O) groups is 3. The second-order valence-electron chi connectivity index (χ2n) is 6.14. The Labute approximate surface area is 164 Å². The molecule has 0 fully saturated rings. The summed E-state index contributed by atoms with van der Waals surface area (Å²) < 4.78 is 10.7. The van der Waals surface area contributed by atoms with Crippen LogP contribution in [0.15, 0.2) is 54.6 Å². The highest BCUT2D eigenvalue weighted by Crippen LogP contribution is 2.14. The van der Waals surface area contributed by atoms with Crippen LogP contribution in [0.1, 0.15) is 26.7 Å². The van der Waals surface area contributed by atoms with Crippen molar-refractivity contribution in [2.75, 3.05) is 17.2 Å². The van der Waals surface area contributed by atoms with Crippen molar-refractivity contribution in [3.8, 4) is 5.75 Å². The van der Waals surface area contributed by atoms with Crippen LogP contribution in [-0.2, 0) is 19.1 Å². The van der Waals surface area contributed by atoms with Crippen LogP contribution in [0.5, 0.6) is 5.75 Å². The lowest BCUT2D eigenvalue weighted by atomic mass is 10.2. The van der Waals surface area contributed by atoms with Gasteiger partial charge in [0.1, 0.15) is 5.75 Å². The van der Waals surface area contributed by atoms with Crippen molar-refractivity contribution >= 4 is 29.2 Å². The molecular formula is C21H24N2O5. The first-order valence-corrected chi connectivity index (χ1v) is 9.00. The lowest BCUT2D eigenvalue weighted by Crippen LogP contribution is -2.30. The van der Waals surface area contributed by atoms with Crippen molar-refractivity contribution in [3.05, 3.63) is 54.6 Å². The fourth-order valence-electron chi connectivity index (χ4n) is 2.32. The molecule has 2 amide bonds. The minimum Gasteiger partial charge on any atom is -0.494 e. The van der Waals surface area contributed by atoms with Crippen LogP contribution < -0.4 is 15.4 Å². The lowest BCUT2D eigenvalue weighted by Gasteiger charge is -2.14. The summed E-state index contributed by atoms with van der Waals surface area (Å²) in [4.78, 5) is 35.0. The Hall–Kier alpha value is -3.35. The molecule has 28 heavy (non-hydrogen) atoms. The smallest absolute Gasteiger partial charge is 0.306 e. The Bertz CT molecular complexity index is 790. The third kappa shape index (κ3) is 7.49. The molecule has 0 bridgehead atoms. The molecule has 1 atom stereocenters. The van der Waals surface area contributed by atoms with E-state index < -0.39 is 18.0 Å². The number of hydrogen-bond donors (Lipinski definition) is 2. The van der Waals surface area contributed by atoms with Gasteiger partial charge < -0.3 is 20.1 Å². The van der Waals surface area contributed by atoms with E-state index in [-0.39, 0.29) is 12.3 Å². The van der Waals surface area contributed by atoms with Crippen LogP contribution >= 0.6 is 0 Å². The van der Waals surface area contributed by atoms with Gasteiger partial charge in [-0.15, -0.1) is 0 Å². The average molecular weight is 384 g/mol. The van der Waals surface area contributed by atoms with E-state index in [2.05, 4.69) is 10.6 Å². The molecule has 0 saturated carbocycles. The molecule has 2 rings (SSSR count). The van der Waals surface area contributed by atoms with Crippen LogP contribution in [0.4, 0.5) is 11.4 Å². The van der Waals surface area contributed by atoms with Crippen molar-refractivity contribution < 1.29 is 23.9 Å². The third-order valence-electron chi connectivity index (χ3n) is 3.69. The van der Waals surface area contributed by atoms with E-state index in [4.69, 9.17) is 9.47 Å². The van der Waals surface area contributed by atoms with Gasteiger partial charge in [-0.2, -0.15) is 0 Å². The van der Waals surface area contributed by atoms with E-state index in [1.54, 1.807) is 24.3 Å². The summed E-state index contributed by atoms with van der Waals surface area (Å²) in [5.41, 5.74) is 1.17. The Morgan fingerprint density at radius 3 is 2.14 bits per heavy atom. The standard InChI is InChI=1S/C21H24N2O5/c1-15(21(26)23-18-12-10-17(11-13-18)22-16(2)24)28-20(25)9-6-14-27-19-7-4-3-5-8-19/h3-5,7-8,10-13,15H,6,9,14H2,1-2H3,(H,22,24)(H,23,26)/t15-/m0/s1. The summed E-state index contributed by atoms with van der Waals surface area (Å²) >= 11 is 0. The van der Waals surface area contributed by atoms with Crippen LogP contribution in [-0.4, -0.2) is 30.5 Å². The Kier molecular flexibility index (Phi) is 8.02. The van der Waals surface area contributed by atoms with Crippen molar-refractivity contribution in [1.29, 1.82) is 0 Å². The minimum absolute atomic E-state index is 0.163. The van der Waals surface area contributed by atoms with Gasteiger partial charge in [0.25, 0.3) is 5.91 Å². The number of ether oxygens (including phenoxy) is 2. The maximum absolute atomic E-state index is 12.1. The van der Waals surface area contributed by atoms with Gasteiger partial charge in [0.15, 0.2) is 6.10 Å². The predicted octanol–water partition coefficient (Wildman–Crippen LogP) is 3.37. The zero-order chi connectivity index (χ0) is 20.4. The summed E-state index contributed by atoms with van der Waals surface area (Å²) in [7, 11) is 0. The fourth-order valence-corrected chi connectivity index (χ4v) is 2.32. The molecule has 0 aliphatic heterocycles. The summed E-state index contributed by atoms with van der Waals surface area (Å²) in [6, 6.07) is 16.0. The highest BCUT2D eigenvalue weighted by Gasteiger charge is 2.17. The van der Waals surface area contributed by atoms with E-state index in [1.165, 1.54) is 13.8 Å². The molecular weight excluding hydrogens is 360 g/mol. The first-order valence-electron chi connectivity index (χ1n) is 9.00. The number of para-hydroxylation sites is 1. The molecule has 0 saturated heterocycles. The second-order valence-corrected chi connectivity index (χ2v) is 6.14. The second kappa shape index (κ2) is 10.7. The molecule has 148 valence electrons. The van der Waals surface area contributed by atoms with E-state index in [0.29, 0.717) is 24.4 Å². The number of hydrogen-bond acceptors (Lipinski definition) is 5. The molecule has 7 heteroatoms. The third-order valence-corrected chi connectivity index (χ3v) is 3.69. The topological polar surface area (TPSA) is 93.7 Å². The molecule has 0 aliphatic rings. The van der Waals surface area contributed by atoms with E-state index in [0.717, 1.165) is 5.75 Å². The van der Waals surface area contributed by atoms with Crippen molar-refractivity contribution in [3.63, 3.8) is 0 Å². The molecule has 0 unspecified atom stereocenters. The molecule has 0 aromatic heterocycles. The quantitative estimate of drug-likeness (QED) is 0.511. The van der Waals surface area contributed by atoms with E-state index in [1.807, 2.05) is 30.3 Å². The van der Waals surface area contributed by atoms with Gasteiger partial charge >= 0.3 is 5.97 Å². The first-order chi connectivity index (χ1) is 13.4. The Morgan fingerprint density at radius 1 is 0.929 bits per heavy atom. The van der Waals surface area contributed by atoms with Gasteiger partial charge in [0, 0.05) is 24.7 Å². The highest BCUT2D eigenvalue weighted by atomic mass is 16.5. The zero-order valence-corrected chi connectivity index (χ0v) is 15.9. The monoisotopic (exact) mass is 384 g/mol. The molecule has 2 N–H and O–H groups in total. The summed E-state index contributed by atoms with van der Waals surface area (Å²) in [5, 5.41) is 5.30. The summed E-state index contributed by atoms with van der Waals surface area (Å²) in [5.74, 6) is -0.318. The van der Waals surface area contributed by atoms with Crippen LogP contribution in [0.2, 0.25) is 0 Å². The Balaban J connectivity index is 1.69. The number of anilines is 2. The van der Waals surface area contributed by atoms with Crippen molar-refractivity contribution in [1.82, 2.24) is 0 Å². The van der Waals surface area contributed by atoms with Gasteiger partial charge in [0.05, 0.1) is 6.61 Å². The van der Waals surface area contributed by atoms with Crippen molar-refractivity contribution in [2.24, 2.45) is 0 Å². The van der Waals surface area contributed by atoms with Gasteiger partial charge in [0.2, 0.25) is 5.91 Å². The maximum Gasteiger partial charge on any atom is 0.306 e. The van der Waals surface area contributed by atoms with Crippen LogP contribution in [0.25, 0.3) is 0 Å². The summed E-state index contributed by atoms with van der Waals surface area (Å²) in [6.07, 6.45) is -0.264. The fraction of sp³-hybridized carbons (Fsp3) is 0.286. The molecule has 0 heterocycles. The number of amides is 2. The van der Waals surface area contributed by atoms with E-state index in [9.17, 15) is 14.4 Å². The maximum atomic E-state index is 12.1. The molecule has 0 spiro atoms. The summed E-state index contributed by atoms with van der Waals surface area (Å²) in [6.45, 7) is 3.32. The number of rotatable bonds is 9. The van der Waals surface area contributed by atoms with E-state index >= 15 is 0 Å².